The van der Waals surface area contributed by atoms with Crippen molar-refractivity contribution in [3.63, 3.8) is 0 Å². The summed E-state index contributed by atoms with van der Waals surface area (Å²) in [6, 6.07) is 18.6. The molecule has 1 atom stereocenters. The summed E-state index contributed by atoms with van der Waals surface area (Å²) >= 11 is 12.5. The number of benzene rings is 3. The summed E-state index contributed by atoms with van der Waals surface area (Å²) in [5, 5.41) is 13.1. The zero-order valence-electron chi connectivity index (χ0n) is 20.0. The van der Waals surface area contributed by atoms with E-state index in [0.717, 1.165) is 17.5 Å². The average molecular weight is 568 g/mol. The van der Waals surface area contributed by atoms with E-state index >= 15 is 0 Å². The Labute approximate surface area is 232 Å². The van der Waals surface area contributed by atoms with Gasteiger partial charge in [-0.1, -0.05) is 83.9 Å². The Bertz CT molecular complexity index is 1160. The van der Waals surface area contributed by atoms with Crippen LogP contribution in [-0.2, 0) is 22.6 Å². The van der Waals surface area contributed by atoms with Gasteiger partial charge in [0.05, 0.1) is 17.2 Å². The first-order valence-electron chi connectivity index (χ1n) is 11.5. The maximum atomic E-state index is 13.1. The van der Waals surface area contributed by atoms with Gasteiger partial charge in [0.2, 0.25) is 0 Å². The molecule has 0 aromatic heterocycles. The highest BCUT2D eigenvalue weighted by Crippen LogP contribution is 2.42. The van der Waals surface area contributed by atoms with Crippen molar-refractivity contribution in [2.24, 2.45) is 5.73 Å². The van der Waals surface area contributed by atoms with Crippen LogP contribution in [0.3, 0.4) is 0 Å². The van der Waals surface area contributed by atoms with Crippen molar-refractivity contribution in [2.75, 3.05) is 13.2 Å². The standard InChI is InChI=1S/C27H28Cl2N2O5.ClH/c28-21-16-20(24(32)23(29)25(21)35-14-8-7-13-30)26(33)31-22(15-18-9-3-1-4-10-18)27(34)36-17-19-11-5-2-6-12-19;/h1-6,9-12,16,22,32H,7-8,13-15,17,30H2,(H,31,33);1H/t22-;/m1./s1. The molecule has 0 saturated carbocycles. The Morgan fingerprint density at radius 2 is 1.59 bits per heavy atom. The summed E-state index contributed by atoms with van der Waals surface area (Å²) in [5.41, 5.74) is 6.93. The number of ether oxygens (including phenoxy) is 2. The molecule has 0 saturated heterocycles. The van der Waals surface area contributed by atoms with Crippen molar-refractivity contribution < 1.29 is 24.2 Å². The van der Waals surface area contributed by atoms with E-state index in [9.17, 15) is 14.7 Å². The van der Waals surface area contributed by atoms with Gasteiger partial charge in [0, 0.05) is 6.42 Å². The molecule has 0 aliphatic rings. The molecule has 0 radical (unpaired) electrons. The molecule has 10 heteroatoms. The van der Waals surface area contributed by atoms with Crippen molar-refractivity contribution in [1.29, 1.82) is 0 Å². The lowest BCUT2D eigenvalue weighted by molar-refractivity contribution is -0.147. The Morgan fingerprint density at radius 3 is 2.22 bits per heavy atom. The zero-order valence-corrected chi connectivity index (χ0v) is 22.3. The number of amides is 1. The second-order valence-electron chi connectivity index (χ2n) is 8.05. The predicted octanol–water partition coefficient (Wildman–Crippen LogP) is 5.32. The third-order valence-corrected chi connectivity index (χ3v) is 5.97. The number of phenols is 1. The van der Waals surface area contributed by atoms with Crippen LogP contribution in [0.15, 0.2) is 66.7 Å². The highest BCUT2D eigenvalue weighted by molar-refractivity contribution is 6.39. The topological polar surface area (TPSA) is 111 Å². The number of rotatable bonds is 12. The number of nitrogens with one attached hydrogen (secondary N) is 1. The molecule has 3 rings (SSSR count). The first-order valence-corrected chi connectivity index (χ1v) is 12.3. The van der Waals surface area contributed by atoms with Gasteiger partial charge < -0.3 is 25.6 Å². The van der Waals surface area contributed by atoms with Gasteiger partial charge in [-0.3, -0.25) is 4.79 Å². The summed E-state index contributed by atoms with van der Waals surface area (Å²) in [4.78, 5) is 26.1. The third kappa shape index (κ3) is 8.83. The van der Waals surface area contributed by atoms with Gasteiger partial charge >= 0.3 is 5.97 Å². The van der Waals surface area contributed by atoms with Crippen molar-refractivity contribution in [1.82, 2.24) is 5.32 Å². The molecule has 0 spiro atoms. The summed E-state index contributed by atoms with van der Waals surface area (Å²) < 4.78 is 11.0. The van der Waals surface area contributed by atoms with E-state index in [1.54, 1.807) is 0 Å². The third-order valence-electron chi connectivity index (χ3n) is 5.34. The maximum Gasteiger partial charge on any atom is 0.329 e. The quantitative estimate of drug-likeness (QED) is 0.202. The van der Waals surface area contributed by atoms with Gasteiger partial charge in [-0.05, 0) is 36.6 Å². The minimum atomic E-state index is -1.02. The van der Waals surface area contributed by atoms with Crippen molar-refractivity contribution >= 4 is 47.5 Å². The van der Waals surface area contributed by atoms with Crippen LogP contribution in [0, 0.1) is 0 Å². The average Bonchev–Trinajstić information content (AvgIpc) is 2.89. The molecular formula is C27H29Cl3N2O5. The van der Waals surface area contributed by atoms with Crippen LogP contribution in [0.1, 0.15) is 34.3 Å². The largest absolute Gasteiger partial charge is 0.505 e. The molecule has 198 valence electrons. The minimum absolute atomic E-state index is 0. The minimum Gasteiger partial charge on any atom is -0.505 e. The number of carbonyl (C=O) groups is 2. The Hall–Kier alpha value is -2.97. The van der Waals surface area contributed by atoms with Crippen LogP contribution in [0.4, 0.5) is 0 Å². The molecule has 0 fully saturated rings. The van der Waals surface area contributed by atoms with Crippen LogP contribution in [-0.4, -0.2) is 36.2 Å². The van der Waals surface area contributed by atoms with Crippen molar-refractivity contribution in [3.8, 4) is 11.5 Å². The highest BCUT2D eigenvalue weighted by atomic mass is 35.5. The number of hydrogen-bond acceptors (Lipinski definition) is 6. The number of esters is 1. The van der Waals surface area contributed by atoms with E-state index in [4.69, 9.17) is 38.4 Å². The van der Waals surface area contributed by atoms with E-state index in [1.165, 1.54) is 6.07 Å². The molecule has 4 N–H and O–H groups in total. The number of aromatic hydroxyl groups is 1. The van der Waals surface area contributed by atoms with Gasteiger partial charge in [0.1, 0.15) is 17.7 Å². The predicted molar refractivity (Wildman–Crippen MR) is 147 cm³/mol. The number of unbranched alkanes of at least 4 members (excludes halogenated alkanes) is 1. The van der Waals surface area contributed by atoms with Gasteiger partial charge in [-0.25, -0.2) is 4.79 Å². The maximum absolute atomic E-state index is 13.1. The van der Waals surface area contributed by atoms with Crippen molar-refractivity contribution in [3.05, 3.63) is 93.5 Å². The monoisotopic (exact) mass is 566 g/mol. The molecule has 0 unspecified atom stereocenters. The van der Waals surface area contributed by atoms with Crippen LogP contribution >= 0.6 is 35.6 Å². The van der Waals surface area contributed by atoms with E-state index in [-0.39, 0.29) is 46.8 Å². The van der Waals surface area contributed by atoms with E-state index in [0.29, 0.717) is 19.6 Å². The molecule has 1 amide bonds. The van der Waals surface area contributed by atoms with E-state index in [2.05, 4.69) is 5.32 Å². The molecule has 3 aromatic carbocycles. The Morgan fingerprint density at radius 1 is 0.973 bits per heavy atom. The van der Waals surface area contributed by atoms with Gasteiger partial charge in [-0.15, -0.1) is 12.4 Å². The lowest BCUT2D eigenvalue weighted by atomic mass is 10.0. The molecule has 0 heterocycles. The van der Waals surface area contributed by atoms with E-state index in [1.807, 2.05) is 60.7 Å². The molecule has 7 nitrogen and oxygen atoms in total. The number of nitrogens with two attached hydrogens (primary N) is 1. The van der Waals surface area contributed by atoms with Crippen LogP contribution < -0.4 is 15.8 Å². The summed E-state index contributed by atoms with van der Waals surface area (Å²) in [6.07, 6.45) is 1.62. The van der Waals surface area contributed by atoms with Crippen molar-refractivity contribution in [2.45, 2.75) is 31.9 Å². The molecular weight excluding hydrogens is 539 g/mol. The van der Waals surface area contributed by atoms with E-state index < -0.39 is 23.7 Å². The number of hydrogen-bond donors (Lipinski definition) is 3. The van der Waals surface area contributed by atoms with Gasteiger partial charge in [0.15, 0.2) is 11.5 Å². The highest BCUT2D eigenvalue weighted by Gasteiger charge is 2.27. The molecule has 3 aromatic rings. The summed E-state index contributed by atoms with van der Waals surface area (Å²) in [6.45, 7) is 0.876. The molecule has 37 heavy (non-hydrogen) atoms. The summed E-state index contributed by atoms with van der Waals surface area (Å²) in [7, 11) is 0. The normalized spacial score (nSPS) is 11.2. The first kappa shape index (κ1) is 30.3. The second kappa shape index (κ2) is 15.3. The molecule has 0 aliphatic carbocycles. The second-order valence-corrected chi connectivity index (χ2v) is 8.84. The first-order chi connectivity index (χ1) is 17.4. The fourth-order valence-electron chi connectivity index (χ4n) is 3.43. The van der Waals surface area contributed by atoms with Crippen LogP contribution in [0.5, 0.6) is 11.5 Å². The Kier molecular flexibility index (Phi) is 12.5. The molecule has 0 bridgehead atoms. The molecule has 0 aliphatic heterocycles. The lowest BCUT2D eigenvalue weighted by Crippen LogP contribution is -2.43. The SMILES string of the molecule is Cl.NCCCCOc1c(Cl)cc(C(=O)N[C@H](Cc2ccccc2)C(=O)OCc2ccccc2)c(O)c1Cl. The van der Waals surface area contributed by atoms with Gasteiger partial charge in [0.25, 0.3) is 5.91 Å². The Balaban J connectivity index is 0.00000481. The van der Waals surface area contributed by atoms with Gasteiger partial charge in [-0.2, -0.15) is 0 Å². The number of halogens is 3. The number of carbonyl (C=O) groups excluding carboxylic acids is 2. The van der Waals surface area contributed by atoms with Crippen LogP contribution in [0.2, 0.25) is 10.0 Å². The number of phenolic OH excluding ortho intramolecular Hbond substituents is 1. The fraction of sp³-hybridized carbons (Fsp3) is 0.259. The van der Waals surface area contributed by atoms with Crippen LogP contribution in [0.25, 0.3) is 0 Å². The fourth-order valence-corrected chi connectivity index (χ4v) is 3.99. The zero-order chi connectivity index (χ0) is 25.9. The smallest absolute Gasteiger partial charge is 0.329 e. The summed E-state index contributed by atoms with van der Waals surface area (Å²) in [5.74, 6) is -1.77. The lowest BCUT2D eigenvalue weighted by Gasteiger charge is -2.19.